The second kappa shape index (κ2) is 6.54. The molecule has 1 aromatic carbocycles. The van der Waals surface area contributed by atoms with Gasteiger partial charge in [0.2, 0.25) is 5.91 Å². The molecule has 0 bridgehead atoms. The molecule has 0 aromatic heterocycles. The van der Waals surface area contributed by atoms with Crippen molar-refractivity contribution in [3.8, 4) is 0 Å². The molecule has 0 saturated heterocycles. The summed E-state index contributed by atoms with van der Waals surface area (Å²) < 4.78 is 12.6. The van der Waals surface area contributed by atoms with Gasteiger partial charge < -0.3 is 10.0 Å². The van der Waals surface area contributed by atoms with Crippen LogP contribution in [0.1, 0.15) is 12.5 Å². The van der Waals surface area contributed by atoms with E-state index in [1.807, 2.05) is 0 Å². The largest absolute Gasteiger partial charge is 0.480 e. The lowest BCUT2D eigenvalue weighted by molar-refractivity contribution is -0.142. The first-order valence-electron chi connectivity index (χ1n) is 5.47. The van der Waals surface area contributed by atoms with Crippen LogP contribution in [0.4, 0.5) is 4.39 Å². The van der Waals surface area contributed by atoms with Crippen LogP contribution in [0.5, 0.6) is 0 Å². The number of carboxylic acid groups (broad SMARTS) is 1. The summed E-state index contributed by atoms with van der Waals surface area (Å²) in [6.07, 6.45) is 2.80. The third-order valence-electron chi connectivity index (χ3n) is 2.31. The summed E-state index contributed by atoms with van der Waals surface area (Å²) in [6, 6.07) is 5.65. The zero-order valence-corrected chi connectivity index (χ0v) is 9.97. The predicted molar refractivity (Wildman–Crippen MR) is 65.3 cm³/mol. The van der Waals surface area contributed by atoms with Crippen LogP contribution in [0.25, 0.3) is 6.08 Å². The van der Waals surface area contributed by atoms with E-state index in [0.29, 0.717) is 12.1 Å². The second-order valence-electron chi connectivity index (χ2n) is 3.63. The number of benzene rings is 1. The minimum absolute atomic E-state index is 0.318. The van der Waals surface area contributed by atoms with Crippen LogP contribution >= 0.6 is 0 Å². The Bertz CT molecular complexity index is 454. The number of likely N-dealkylation sites (N-methyl/N-ethyl adjacent to an activating group) is 1. The number of amides is 1. The molecule has 0 heterocycles. The molecule has 1 rings (SSSR count). The predicted octanol–water partition coefficient (Wildman–Crippen LogP) is 1.77. The van der Waals surface area contributed by atoms with Gasteiger partial charge in [-0.2, -0.15) is 0 Å². The van der Waals surface area contributed by atoms with E-state index in [1.54, 1.807) is 6.92 Å². The Labute approximate surface area is 104 Å². The molecule has 18 heavy (non-hydrogen) atoms. The second-order valence-corrected chi connectivity index (χ2v) is 3.63. The van der Waals surface area contributed by atoms with Gasteiger partial charge >= 0.3 is 5.97 Å². The van der Waals surface area contributed by atoms with Gasteiger partial charge in [0.05, 0.1) is 0 Å². The first kappa shape index (κ1) is 13.9. The quantitative estimate of drug-likeness (QED) is 0.811. The number of carbonyl (C=O) groups excluding carboxylic acids is 1. The fourth-order valence-corrected chi connectivity index (χ4v) is 1.36. The lowest BCUT2D eigenvalue weighted by Gasteiger charge is -2.15. The van der Waals surface area contributed by atoms with Gasteiger partial charge in [-0.25, -0.2) is 4.39 Å². The zero-order valence-electron chi connectivity index (χ0n) is 9.97. The summed E-state index contributed by atoms with van der Waals surface area (Å²) >= 11 is 0. The Kier molecular flexibility index (Phi) is 5.05. The fraction of sp³-hybridized carbons (Fsp3) is 0.231. The van der Waals surface area contributed by atoms with Gasteiger partial charge in [-0.3, -0.25) is 9.59 Å². The molecule has 96 valence electrons. The molecule has 0 aliphatic heterocycles. The number of carbonyl (C=O) groups is 2. The van der Waals surface area contributed by atoms with E-state index in [-0.39, 0.29) is 18.3 Å². The van der Waals surface area contributed by atoms with Crippen molar-refractivity contribution in [3.05, 3.63) is 41.7 Å². The van der Waals surface area contributed by atoms with Crippen LogP contribution in [-0.4, -0.2) is 35.0 Å². The molecule has 0 fully saturated rings. The van der Waals surface area contributed by atoms with Gasteiger partial charge in [0, 0.05) is 12.6 Å². The maximum Gasteiger partial charge on any atom is 0.323 e. The molecule has 0 spiro atoms. The summed E-state index contributed by atoms with van der Waals surface area (Å²) in [4.78, 5) is 23.4. The van der Waals surface area contributed by atoms with Crippen molar-refractivity contribution in [1.82, 2.24) is 4.90 Å². The Hall–Kier alpha value is -2.17. The highest BCUT2D eigenvalue weighted by Gasteiger charge is 2.11. The van der Waals surface area contributed by atoms with Crippen LogP contribution in [0.15, 0.2) is 30.3 Å². The number of rotatable bonds is 5. The highest BCUT2D eigenvalue weighted by molar-refractivity contribution is 5.93. The first-order valence-corrected chi connectivity index (χ1v) is 5.47. The summed E-state index contributed by atoms with van der Waals surface area (Å²) in [5, 5.41) is 8.62. The van der Waals surface area contributed by atoms with Crippen molar-refractivity contribution in [2.45, 2.75) is 6.92 Å². The summed E-state index contributed by atoms with van der Waals surface area (Å²) in [7, 11) is 0. The zero-order chi connectivity index (χ0) is 13.5. The monoisotopic (exact) mass is 251 g/mol. The third kappa shape index (κ3) is 4.37. The topological polar surface area (TPSA) is 57.6 Å². The van der Waals surface area contributed by atoms with E-state index in [1.165, 1.54) is 41.3 Å². The molecule has 0 atom stereocenters. The van der Waals surface area contributed by atoms with Crippen LogP contribution in [0.3, 0.4) is 0 Å². The molecular formula is C13H14FNO3. The van der Waals surface area contributed by atoms with E-state index in [0.717, 1.165) is 0 Å². The van der Waals surface area contributed by atoms with Crippen LogP contribution < -0.4 is 0 Å². The van der Waals surface area contributed by atoms with Gasteiger partial charge in [0.25, 0.3) is 0 Å². The lowest BCUT2D eigenvalue weighted by Crippen LogP contribution is -2.34. The highest BCUT2D eigenvalue weighted by atomic mass is 19.1. The summed E-state index contributed by atoms with van der Waals surface area (Å²) in [5.74, 6) is -1.79. The first-order chi connectivity index (χ1) is 8.52. The van der Waals surface area contributed by atoms with Crippen molar-refractivity contribution in [1.29, 1.82) is 0 Å². The van der Waals surface area contributed by atoms with E-state index in [9.17, 15) is 14.0 Å². The number of nitrogens with zero attached hydrogens (tertiary/aromatic N) is 1. The van der Waals surface area contributed by atoms with E-state index in [2.05, 4.69) is 0 Å². The van der Waals surface area contributed by atoms with E-state index < -0.39 is 5.97 Å². The van der Waals surface area contributed by atoms with Gasteiger partial charge in [-0.05, 0) is 30.7 Å². The third-order valence-corrected chi connectivity index (χ3v) is 2.31. The molecular weight excluding hydrogens is 237 g/mol. The molecule has 0 aliphatic rings. The van der Waals surface area contributed by atoms with Crippen LogP contribution in [0, 0.1) is 5.82 Å². The normalized spacial score (nSPS) is 10.6. The lowest BCUT2D eigenvalue weighted by atomic mass is 10.2. The van der Waals surface area contributed by atoms with Crippen molar-refractivity contribution in [2.24, 2.45) is 0 Å². The minimum Gasteiger partial charge on any atom is -0.480 e. The van der Waals surface area contributed by atoms with Gasteiger partial charge in [0.15, 0.2) is 0 Å². The molecule has 1 aromatic rings. The standard InChI is InChI=1S/C13H14FNO3/c1-2-15(9-13(17)18)12(16)8-5-10-3-6-11(14)7-4-10/h3-8H,2,9H2,1H3,(H,17,18)/b8-5+. The summed E-state index contributed by atoms with van der Waals surface area (Å²) in [6.45, 7) is 1.69. The van der Waals surface area contributed by atoms with Crippen molar-refractivity contribution < 1.29 is 19.1 Å². The molecule has 0 aliphatic carbocycles. The minimum atomic E-state index is -1.06. The number of hydrogen-bond acceptors (Lipinski definition) is 2. The number of aliphatic carboxylic acids is 1. The van der Waals surface area contributed by atoms with E-state index >= 15 is 0 Å². The molecule has 0 radical (unpaired) electrons. The number of hydrogen-bond donors (Lipinski definition) is 1. The van der Waals surface area contributed by atoms with Crippen LogP contribution in [-0.2, 0) is 9.59 Å². The number of halogens is 1. The Morgan fingerprint density at radius 1 is 1.33 bits per heavy atom. The van der Waals surface area contributed by atoms with Crippen molar-refractivity contribution >= 4 is 18.0 Å². The maximum absolute atomic E-state index is 12.6. The molecule has 0 saturated carbocycles. The van der Waals surface area contributed by atoms with Gasteiger partial charge in [0.1, 0.15) is 12.4 Å². The van der Waals surface area contributed by atoms with Crippen molar-refractivity contribution in [3.63, 3.8) is 0 Å². The molecule has 0 unspecified atom stereocenters. The fourth-order valence-electron chi connectivity index (χ4n) is 1.36. The van der Waals surface area contributed by atoms with E-state index in [4.69, 9.17) is 5.11 Å². The smallest absolute Gasteiger partial charge is 0.323 e. The Morgan fingerprint density at radius 2 is 1.94 bits per heavy atom. The Balaban J connectivity index is 2.67. The maximum atomic E-state index is 12.6. The molecule has 1 amide bonds. The average molecular weight is 251 g/mol. The molecule has 5 heteroatoms. The summed E-state index contributed by atoms with van der Waals surface area (Å²) in [5.41, 5.74) is 0.677. The highest BCUT2D eigenvalue weighted by Crippen LogP contribution is 2.05. The van der Waals surface area contributed by atoms with Gasteiger partial charge in [-0.15, -0.1) is 0 Å². The van der Waals surface area contributed by atoms with Crippen molar-refractivity contribution in [2.75, 3.05) is 13.1 Å². The van der Waals surface area contributed by atoms with Crippen LogP contribution in [0.2, 0.25) is 0 Å². The average Bonchev–Trinajstić information content (AvgIpc) is 2.34. The van der Waals surface area contributed by atoms with Gasteiger partial charge in [-0.1, -0.05) is 12.1 Å². The molecule has 1 N–H and O–H groups in total. The molecule has 4 nitrogen and oxygen atoms in total. The SMILES string of the molecule is CCN(CC(=O)O)C(=O)/C=C/c1ccc(F)cc1. The Morgan fingerprint density at radius 3 is 2.44 bits per heavy atom. The number of carboxylic acids is 1.